The van der Waals surface area contributed by atoms with Crippen molar-refractivity contribution in [1.82, 2.24) is 4.90 Å². The van der Waals surface area contributed by atoms with Gasteiger partial charge < -0.3 is 20.1 Å². The van der Waals surface area contributed by atoms with Crippen molar-refractivity contribution in [1.29, 1.82) is 0 Å². The largest absolute Gasteiger partial charge is 0.496 e. The van der Waals surface area contributed by atoms with Crippen molar-refractivity contribution in [2.75, 3.05) is 32.6 Å². The van der Waals surface area contributed by atoms with E-state index < -0.39 is 0 Å². The Kier molecular flexibility index (Phi) is 4.01. The van der Waals surface area contributed by atoms with Gasteiger partial charge in [0.05, 0.1) is 19.3 Å². The second-order valence-electron chi connectivity index (χ2n) is 5.88. The molecule has 2 fully saturated rings. The van der Waals surface area contributed by atoms with Crippen LogP contribution in [0.15, 0.2) is 18.2 Å². The van der Waals surface area contributed by atoms with Crippen molar-refractivity contribution in [3.8, 4) is 5.75 Å². The summed E-state index contributed by atoms with van der Waals surface area (Å²) in [5, 5.41) is 0. The minimum Gasteiger partial charge on any atom is -0.496 e. The predicted octanol–water partition coefficient (Wildman–Crippen LogP) is 1.92. The first-order valence-electron chi connectivity index (χ1n) is 7.51. The van der Waals surface area contributed by atoms with Gasteiger partial charge in [0.25, 0.3) is 5.91 Å². The lowest BCUT2D eigenvalue weighted by Crippen LogP contribution is -2.37. The first-order chi connectivity index (χ1) is 10.2. The molecule has 1 saturated heterocycles. The van der Waals surface area contributed by atoms with Crippen LogP contribution in [0, 0.1) is 5.92 Å². The van der Waals surface area contributed by atoms with Gasteiger partial charge in [0.1, 0.15) is 5.75 Å². The van der Waals surface area contributed by atoms with Crippen LogP contribution in [-0.2, 0) is 4.74 Å². The highest BCUT2D eigenvalue weighted by atomic mass is 16.5. The number of methoxy groups -OCH3 is 1. The second-order valence-corrected chi connectivity index (χ2v) is 5.88. The van der Waals surface area contributed by atoms with Crippen LogP contribution < -0.4 is 10.5 Å². The zero-order chi connectivity index (χ0) is 14.8. The van der Waals surface area contributed by atoms with Gasteiger partial charge in [-0.2, -0.15) is 0 Å². The number of nitrogens with two attached hydrogens (primary N) is 1. The molecule has 5 nitrogen and oxygen atoms in total. The first kappa shape index (κ1) is 14.2. The van der Waals surface area contributed by atoms with Crippen molar-refractivity contribution in [2.24, 2.45) is 5.92 Å². The van der Waals surface area contributed by atoms with Gasteiger partial charge in [-0.05, 0) is 37.5 Å². The Balaban J connectivity index is 1.81. The summed E-state index contributed by atoms with van der Waals surface area (Å²) in [4.78, 5) is 14.9. The molecule has 1 unspecified atom stereocenters. The molecule has 1 atom stereocenters. The molecule has 5 heteroatoms. The van der Waals surface area contributed by atoms with E-state index in [0.717, 1.165) is 39.0 Å². The number of nitrogens with zero attached hydrogens (tertiary/aromatic N) is 1. The number of nitrogen functional groups attached to an aromatic ring is 1. The van der Waals surface area contributed by atoms with Crippen molar-refractivity contribution < 1.29 is 14.3 Å². The Hall–Kier alpha value is -1.75. The SMILES string of the molecule is COc1ccc(N)cc1C(=O)N(CC1CCOC1)C1CC1. The number of carbonyl (C=O) groups is 1. The summed E-state index contributed by atoms with van der Waals surface area (Å²) in [5.74, 6) is 1.05. The van der Waals surface area contributed by atoms with Gasteiger partial charge in [0, 0.05) is 30.8 Å². The predicted molar refractivity (Wildman–Crippen MR) is 80.4 cm³/mol. The summed E-state index contributed by atoms with van der Waals surface area (Å²) in [5.41, 5.74) is 6.97. The fraction of sp³-hybridized carbons (Fsp3) is 0.562. The number of ether oxygens (including phenoxy) is 2. The molecular formula is C16H22N2O3. The van der Waals surface area contributed by atoms with E-state index >= 15 is 0 Å². The van der Waals surface area contributed by atoms with Crippen molar-refractivity contribution >= 4 is 11.6 Å². The molecule has 1 aromatic rings. The maximum absolute atomic E-state index is 12.9. The van der Waals surface area contributed by atoms with E-state index in [0.29, 0.717) is 29.0 Å². The van der Waals surface area contributed by atoms with E-state index in [1.807, 2.05) is 4.90 Å². The molecule has 1 saturated carbocycles. The number of hydrogen-bond acceptors (Lipinski definition) is 4. The molecule has 21 heavy (non-hydrogen) atoms. The summed E-state index contributed by atoms with van der Waals surface area (Å²) < 4.78 is 10.7. The third-order valence-corrected chi connectivity index (χ3v) is 4.18. The average Bonchev–Trinajstić information content (AvgIpc) is 3.20. The van der Waals surface area contributed by atoms with Crippen LogP contribution in [0.5, 0.6) is 5.75 Å². The van der Waals surface area contributed by atoms with Crippen molar-refractivity contribution in [2.45, 2.75) is 25.3 Å². The first-order valence-corrected chi connectivity index (χ1v) is 7.51. The Morgan fingerprint density at radius 2 is 2.24 bits per heavy atom. The van der Waals surface area contributed by atoms with Gasteiger partial charge in [-0.1, -0.05) is 0 Å². The molecule has 3 rings (SSSR count). The van der Waals surface area contributed by atoms with Crippen LogP contribution in [0.25, 0.3) is 0 Å². The van der Waals surface area contributed by atoms with Gasteiger partial charge in [-0.15, -0.1) is 0 Å². The summed E-state index contributed by atoms with van der Waals surface area (Å²) in [7, 11) is 1.58. The number of rotatable bonds is 5. The molecular weight excluding hydrogens is 268 g/mol. The van der Waals surface area contributed by atoms with Crippen molar-refractivity contribution in [3.05, 3.63) is 23.8 Å². The molecule has 0 bridgehead atoms. The smallest absolute Gasteiger partial charge is 0.257 e. The van der Waals surface area contributed by atoms with Gasteiger partial charge in [-0.25, -0.2) is 0 Å². The van der Waals surface area contributed by atoms with Gasteiger partial charge in [0.2, 0.25) is 0 Å². The number of benzene rings is 1. The molecule has 114 valence electrons. The maximum Gasteiger partial charge on any atom is 0.257 e. The van der Waals surface area contributed by atoms with Gasteiger partial charge in [0.15, 0.2) is 0 Å². The lowest BCUT2D eigenvalue weighted by molar-refractivity contribution is 0.0703. The van der Waals surface area contributed by atoms with Crippen LogP contribution in [-0.4, -0.2) is 43.7 Å². The fourth-order valence-corrected chi connectivity index (χ4v) is 2.84. The Morgan fingerprint density at radius 1 is 1.43 bits per heavy atom. The average molecular weight is 290 g/mol. The van der Waals surface area contributed by atoms with Crippen LogP contribution in [0.2, 0.25) is 0 Å². The molecule has 2 aliphatic rings. The Bertz CT molecular complexity index is 522. The number of hydrogen-bond donors (Lipinski definition) is 1. The lowest BCUT2D eigenvalue weighted by atomic mass is 10.1. The molecule has 0 aromatic heterocycles. The van der Waals surface area contributed by atoms with Crippen molar-refractivity contribution in [3.63, 3.8) is 0 Å². The zero-order valence-electron chi connectivity index (χ0n) is 12.4. The summed E-state index contributed by atoms with van der Waals surface area (Å²) in [6.45, 7) is 2.32. The van der Waals surface area contributed by atoms with Crippen LogP contribution in [0.4, 0.5) is 5.69 Å². The minimum atomic E-state index is 0.0218. The fourth-order valence-electron chi connectivity index (χ4n) is 2.84. The molecule has 1 aromatic carbocycles. The molecule has 1 aliphatic carbocycles. The van der Waals surface area contributed by atoms with Crippen LogP contribution >= 0.6 is 0 Å². The quantitative estimate of drug-likeness (QED) is 0.841. The number of carbonyl (C=O) groups excluding carboxylic acids is 1. The monoisotopic (exact) mass is 290 g/mol. The van der Waals surface area contributed by atoms with Gasteiger partial charge in [-0.3, -0.25) is 4.79 Å². The molecule has 1 amide bonds. The highest BCUT2D eigenvalue weighted by Gasteiger charge is 2.36. The third-order valence-electron chi connectivity index (χ3n) is 4.18. The number of anilines is 1. The lowest BCUT2D eigenvalue weighted by Gasteiger charge is -2.26. The van der Waals surface area contributed by atoms with E-state index in [4.69, 9.17) is 15.2 Å². The van der Waals surface area contributed by atoms with E-state index in [1.165, 1.54) is 0 Å². The van der Waals surface area contributed by atoms with Crippen LogP contribution in [0.3, 0.4) is 0 Å². The molecule has 2 N–H and O–H groups in total. The van der Waals surface area contributed by atoms with E-state index in [9.17, 15) is 4.79 Å². The van der Waals surface area contributed by atoms with E-state index in [-0.39, 0.29) is 5.91 Å². The normalized spacial score (nSPS) is 21.3. The molecule has 1 aliphatic heterocycles. The second kappa shape index (κ2) is 5.93. The molecule has 1 heterocycles. The highest BCUT2D eigenvalue weighted by Crippen LogP contribution is 2.32. The minimum absolute atomic E-state index is 0.0218. The molecule has 0 radical (unpaired) electrons. The van der Waals surface area contributed by atoms with E-state index in [1.54, 1.807) is 25.3 Å². The summed E-state index contributed by atoms with van der Waals surface area (Å²) in [6.07, 6.45) is 3.21. The standard InChI is InChI=1S/C16H22N2O3/c1-20-15-5-2-12(17)8-14(15)16(19)18(13-3-4-13)9-11-6-7-21-10-11/h2,5,8,11,13H,3-4,6-7,9-10,17H2,1H3. The van der Waals surface area contributed by atoms with Gasteiger partial charge >= 0.3 is 0 Å². The van der Waals surface area contributed by atoms with E-state index in [2.05, 4.69) is 0 Å². The topological polar surface area (TPSA) is 64.8 Å². The Labute approximate surface area is 125 Å². The highest BCUT2D eigenvalue weighted by molar-refractivity contribution is 5.98. The summed E-state index contributed by atoms with van der Waals surface area (Å²) >= 11 is 0. The third kappa shape index (κ3) is 3.13. The number of amides is 1. The maximum atomic E-state index is 12.9. The van der Waals surface area contributed by atoms with Crippen LogP contribution in [0.1, 0.15) is 29.6 Å². The Morgan fingerprint density at radius 3 is 2.86 bits per heavy atom. The molecule has 0 spiro atoms. The zero-order valence-corrected chi connectivity index (χ0v) is 12.4. The summed E-state index contributed by atoms with van der Waals surface area (Å²) in [6, 6.07) is 5.58.